The summed E-state index contributed by atoms with van der Waals surface area (Å²) in [7, 11) is -2.60. The molecule has 2 aromatic carbocycles. The number of pyridine rings is 1. The van der Waals surface area contributed by atoms with Crippen LogP contribution in [0.25, 0.3) is 27.6 Å². The molecule has 4 aromatic heterocycles. The highest BCUT2D eigenvalue weighted by Crippen LogP contribution is 2.68. The highest BCUT2D eigenvalue weighted by atomic mass is 35.5. The van der Waals surface area contributed by atoms with Crippen molar-refractivity contribution in [3.05, 3.63) is 97.8 Å². The molecule has 1 amide bonds. The summed E-state index contributed by atoms with van der Waals surface area (Å²) in [4.78, 5) is 39.4. The van der Waals surface area contributed by atoms with Gasteiger partial charge in [0.25, 0.3) is 17.9 Å². The third-order valence-electron chi connectivity index (χ3n) is 11.4. The second kappa shape index (κ2) is 15.6. The third-order valence-corrected chi connectivity index (χ3v) is 12.3. The van der Waals surface area contributed by atoms with E-state index >= 15 is 8.78 Å². The third kappa shape index (κ3) is 7.99. The Morgan fingerprint density at radius 3 is 2.46 bits per heavy atom. The number of aryl methyl sites for hydroxylation is 1. The number of nitrogens with one attached hydrogen (secondary N) is 2. The molecule has 6 aromatic rings. The molecule has 65 heavy (non-hydrogen) atoms. The van der Waals surface area contributed by atoms with Crippen molar-refractivity contribution in [2.24, 2.45) is 13.0 Å². The van der Waals surface area contributed by atoms with Gasteiger partial charge in [-0.25, -0.2) is 35.9 Å². The largest absolute Gasteiger partial charge is 0.416 e. The zero-order valence-electron chi connectivity index (χ0n) is 33.5. The van der Waals surface area contributed by atoms with Crippen molar-refractivity contribution in [1.82, 2.24) is 39.4 Å². The number of anilines is 2. The highest BCUT2D eigenvalue weighted by Gasteiger charge is 2.67. The molecule has 0 radical (unpaired) electrons. The van der Waals surface area contributed by atoms with E-state index in [0.29, 0.717) is 10.7 Å². The van der Waals surface area contributed by atoms with Crippen LogP contribution in [0.4, 0.5) is 51.1 Å². The van der Waals surface area contributed by atoms with Gasteiger partial charge in [-0.2, -0.15) is 32.1 Å². The van der Waals surface area contributed by atoms with Crippen LogP contribution >= 0.6 is 11.6 Å². The maximum absolute atomic E-state index is 15.5. The van der Waals surface area contributed by atoms with Gasteiger partial charge in [0.15, 0.2) is 17.6 Å². The molecule has 3 aliphatic rings. The molecule has 26 heteroatoms. The van der Waals surface area contributed by atoms with Gasteiger partial charge >= 0.3 is 6.18 Å². The molecule has 1 saturated carbocycles. The van der Waals surface area contributed by atoms with Crippen LogP contribution in [0.2, 0.25) is 5.02 Å². The van der Waals surface area contributed by atoms with Crippen LogP contribution in [0.5, 0.6) is 0 Å². The maximum atomic E-state index is 15.5. The Labute approximate surface area is 365 Å². The van der Waals surface area contributed by atoms with Crippen molar-refractivity contribution < 1.29 is 57.5 Å². The minimum atomic E-state index is -4.74. The van der Waals surface area contributed by atoms with Crippen molar-refractivity contribution >= 4 is 61.1 Å². The van der Waals surface area contributed by atoms with Gasteiger partial charge in [0.1, 0.15) is 41.2 Å². The van der Waals surface area contributed by atoms with Gasteiger partial charge in [-0.1, -0.05) is 11.6 Å². The summed E-state index contributed by atoms with van der Waals surface area (Å²) in [6, 6.07) is 5.75. The number of halogens is 10. The first-order valence-corrected chi connectivity index (χ1v) is 21.8. The van der Waals surface area contributed by atoms with E-state index in [0.717, 1.165) is 23.0 Å². The van der Waals surface area contributed by atoms with Crippen molar-refractivity contribution in [3.8, 4) is 5.69 Å². The normalized spacial score (nSPS) is 19.8. The van der Waals surface area contributed by atoms with Gasteiger partial charge in [0.05, 0.1) is 52.4 Å². The lowest BCUT2D eigenvalue weighted by molar-refractivity contribution is -0.221. The Morgan fingerprint density at radius 1 is 1.06 bits per heavy atom. The number of benzene rings is 2. The molecular weight excluding hydrogens is 927 g/mol. The molecule has 344 valence electrons. The van der Waals surface area contributed by atoms with Crippen LogP contribution < -0.4 is 20.5 Å². The van der Waals surface area contributed by atoms with E-state index in [1.54, 1.807) is 0 Å². The second-order valence-electron chi connectivity index (χ2n) is 15.9. The zero-order valence-corrected chi connectivity index (χ0v) is 35.1. The smallest absolute Gasteiger partial charge is 0.365 e. The number of ether oxygens (including phenoxy) is 1. The minimum absolute atomic E-state index is 0.00135. The molecule has 2 fully saturated rings. The van der Waals surface area contributed by atoms with E-state index < -0.39 is 118 Å². The Morgan fingerprint density at radius 2 is 1.78 bits per heavy atom. The zero-order chi connectivity index (χ0) is 46.7. The lowest BCUT2D eigenvalue weighted by atomic mass is 10.0. The number of amides is 1. The van der Waals surface area contributed by atoms with E-state index in [1.165, 1.54) is 40.9 Å². The predicted molar refractivity (Wildman–Crippen MR) is 214 cm³/mol. The van der Waals surface area contributed by atoms with Gasteiger partial charge in [0, 0.05) is 37.6 Å². The maximum Gasteiger partial charge on any atom is 0.416 e. The molecule has 1 saturated heterocycles. The number of fused-ring (bicyclic) bond motifs is 5. The summed E-state index contributed by atoms with van der Waals surface area (Å²) in [6.45, 7) is -2.17. The summed E-state index contributed by atoms with van der Waals surface area (Å²) in [5.74, 6) is -9.85. The van der Waals surface area contributed by atoms with Crippen LogP contribution in [0.15, 0.2) is 47.3 Å². The SMILES string of the molecule is Cn1nc(NS(C)(=O)=O)c2c(Cl)ccc(-n3c([C@H](Cc4cc(F)cc(F)c4)NC(=O)Cn4nc(C(F)F)c5c4C(F)(F)[C@@H]4C[C@H]54)nc4nc(N5CCO[C@H](C(F)(F)F)C5)ccc4c3=O)c21. The van der Waals surface area contributed by atoms with Crippen LogP contribution in [-0.2, 0) is 45.5 Å². The number of rotatable bonds is 11. The lowest BCUT2D eigenvalue weighted by Gasteiger charge is -2.34. The number of sulfonamides is 1. The van der Waals surface area contributed by atoms with Crippen LogP contribution in [0, 0.1) is 17.6 Å². The molecule has 0 unspecified atom stereocenters. The molecule has 15 nitrogen and oxygen atoms in total. The summed E-state index contributed by atoms with van der Waals surface area (Å²) in [5, 5.41) is 10.2. The summed E-state index contributed by atoms with van der Waals surface area (Å²) >= 11 is 6.58. The lowest BCUT2D eigenvalue weighted by Crippen LogP contribution is -2.49. The molecule has 9 rings (SSSR count). The molecule has 4 atom stereocenters. The number of nitrogens with zero attached hydrogens (tertiary/aromatic N) is 8. The minimum Gasteiger partial charge on any atom is -0.365 e. The first-order valence-electron chi connectivity index (χ1n) is 19.5. The van der Waals surface area contributed by atoms with Gasteiger partial charge in [0.2, 0.25) is 15.9 Å². The first kappa shape index (κ1) is 44.3. The average Bonchev–Trinajstić information content (AvgIpc) is 3.75. The Kier molecular flexibility index (Phi) is 10.6. The predicted octanol–water partition coefficient (Wildman–Crippen LogP) is 6.18. The fourth-order valence-electron chi connectivity index (χ4n) is 8.68. The summed E-state index contributed by atoms with van der Waals surface area (Å²) in [5.41, 5.74) is -3.72. The van der Waals surface area contributed by atoms with Crippen molar-refractivity contribution in [3.63, 3.8) is 0 Å². The van der Waals surface area contributed by atoms with Crippen molar-refractivity contribution in [2.45, 2.75) is 56.0 Å². The number of aromatic nitrogens is 7. The number of carbonyl (C=O) groups is 1. The Hall–Kier alpha value is -5.95. The van der Waals surface area contributed by atoms with Gasteiger partial charge in [-0.05, 0) is 54.3 Å². The van der Waals surface area contributed by atoms with Gasteiger partial charge < -0.3 is 15.0 Å². The van der Waals surface area contributed by atoms with E-state index in [9.17, 15) is 48.7 Å². The van der Waals surface area contributed by atoms with Gasteiger partial charge in [-0.15, -0.1) is 0 Å². The highest BCUT2D eigenvalue weighted by molar-refractivity contribution is 7.92. The molecule has 0 spiro atoms. The quantitative estimate of drug-likeness (QED) is 0.143. The standard InChI is InChI=1S/C39H32ClF9N10O5S/c1-56-31-24(5-4-22(40)29(31)35(54-56)55-65(2,62)63)59-36(52-34-19(37(59)61)3-6-26(51-34)57-7-8-64-25(14-57)39(47,48)49)23(11-16-9-17(41)12-18(42)10-16)50-27(60)15-58-32-28(30(53-58)33(43)44)20-13-21(20)38(32,45)46/h3-6,9-10,12,20-21,23,25,33H,7-8,11,13-15H2,1-2H3,(H,50,60)(H,54,55)/t20-,21+,23-,25-/m0/s1. The topological polar surface area (TPSA) is 171 Å². The molecule has 2 aliphatic carbocycles. The van der Waals surface area contributed by atoms with Crippen LogP contribution in [0.3, 0.4) is 0 Å². The van der Waals surface area contributed by atoms with Crippen molar-refractivity contribution in [1.29, 1.82) is 0 Å². The molecule has 2 N–H and O–H groups in total. The molecule has 1 aliphatic heterocycles. The fourth-order valence-corrected chi connectivity index (χ4v) is 9.42. The molecular formula is C39H32ClF9N10O5S. The van der Waals surface area contributed by atoms with Crippen LogP contribution in [0.1, 0.15) is 53.1 Å². The van der Waals surface area contributed by atoms with E-state index in [2.05, 4.69) is 30.2 Å². The number of hydrogen-bond donors (Lipinski definition) is 2. The average molecular weight is 959 g/mol. The monoisotopic (exact) mass is 958 g/mol. The van der Waals surface area contributed by atoms with Crippen LogP contribution in [-0.4, -0.2) is 86.7 Å². The van der Waals surface area contributed by atoms with E-state index in [-0.39, 0.29) is 69.3 Å². The number of morpholine rings is 1. The van der Waals surface area contributed by atoms with Gasteiger partial charge in [-0.3, -0.25) is 28.2 Å². The number of alkyl halides is 7. The van der Waals surface area contributed by atoms with E-state index in [1.807, 2.05) is 0 Å². The first-order chi connectivity index (χ1) is 30.5. The summed E-state index contributed by atoms with van der Waals surface area (Å²) < 4.78 is 164. The second-order valence-corrected chi connectivity index (χ2v) is 18.1. The Balaban J connectivity index is 1.24. The number of carbonyl (C=O) groups excluding carboxylic acids is 1. The van der Waals surface area contributed by atoms with Crippen molar-refractivity contribution in [2.75, 3.05) is 35.6 Å². The summed E-state index contributed by atoms with van der Waals surface area (Å²) in [6.07, 6.45) is -10.0. The number of hydrogen-bond acceptors (Lipinski definition) is 10. The van der Waals surface area contributed by atoms with E-state index in [4.69, 9.17) is 16.3 Å². The Bertz CT molecular complexity index is 3110. The molecule has 0 bridgehead atoms. The molecule has 5 heterocycles. The fraction of sp³-hybridized carbons (Fsp3) is 0.385.